The van der Waals surface area contributed by atoms with Crippen LogP contribution in [0.15, 0.2) is 158 Å². The van der Waals surface area contributed by atoms with Gasteiger partial charge in [0.15, 0.2) is 17.5 Å². The van der Waals surface area contributed by atoms with E-state index < -0.39 is 0 Å². The topological polar surface area (TPSA) is 43.6 Å². The fraction of sp³-hybridized carbons (Fsp3) is 0. The van der Waals surface area contributed by atoms with Crippen molar-refractivity contribution in [3.63, 3.8) is 0 Å². The molecule has 4 heterocycles. The Bertz CT molecular complexity index is 3080. The molecule has 0 aliphatic carbocycles. The van der Waals surface area contributed by atoms with Crippen LogP contribution in [-0.4, -0.2) is 19.5 Å². The number of rotatable bonds is 4. The molecular weight excluding hydrogens is 661 g/mol. The van der Waals surface area contributed by atoms with Crippen LogP contribution in [0.2, 0.25) is 0 Å². The standard InChI is InChI=1S/C45H26N4S2/c1-3-13-27(14-4-1)43-46-44(28-15-5-2-6-16-28)48-45(47-43)34-25-26-36(42-39(34)33-19-9-12-22-38(33)51-42)49-35-20-10-7-17-29(35)31-23-24-32-30-18-8-11-21-37(30)50-41(32)40(31)49/h1-26H. The number of para-hydroxylation sites is 1. The lowest BCUT2D eigenvalue weighted by Crippen LogP contribution is -2.01. The minimum absolute atomic E-state index is 0.658. The second kappa shape index (κ2) is 11.2. The van der Waals surface area contributed by atoms with E-state index in [0.29, 0.717) is 17.5 Å². The molecule has 0 aliphatic heterocycles. The molecular formula is C45H26N4S2. The average Bonchev–Trinajstić information content (AvgIpc) is 3.88. The third-order valence-corrected chi connectivity index (χ3v) is 12.3. The van der Waals surface area contributed by atoms with Crippen LogP contribution in [0.25, 0.3) is 102 Å². The summed E-state index contributed by atoms with van der Waals surface area (Å²) < 4.78 is 7.55. The van der Waals surface area contributed by atoms with Crippen LogP contribution in [0.1, 0.15) is 0 Å². The van der Waals surface area contributed by atoms with E-state index in [1.165, 1.54) is 56.8 Å². The first-order valence-corrected chi connectivity index (χ1v) is 18.6. The maximum absolute atomic E-state index is 5.17. The highest BCUT2D eigenvalue weighted by Gasteiger charge is 2.23. The van der Waals surface area contributed by atoms with Crippen molar-refractivity contribution in [2.24, 2.45) is 0 Å². The predicted octanol–water partition coefficient (Wildman–Crippen LogP) is 12.7. The van der Waals surface area contributed by atoms with Gasteiger partial charge < -0.3 is 4.57 Å². The van der Waals surface area contributed by atoms with Gasteiger partial charge in [0, 0.05) is 58.4 Å². The highest BCUT2D eigenvalue weighted by atomic mass is 32.1. The second-order valence-corrected chi connectivity index (χ2v) is 14.9. The first-order valence-electron chi connectivity index (χ1n) is 17.0. The van der Waals surface area contributed by atoms with Crippen LogP contribution in [0.4, 0.5) is 0 Å². The molecule has 11 rings (SSSR count). The molecule has 0 amide bonds. The van der Waals surface area contributed by atoms with Gasteiger partial charge >= 0.3 is 0 Å². The molecule has 0 aliphatic rings. The molecule has 0 radical (unpaired) electrons. The zero-order valence-electron chi connectivity index (χ0n) is 27.1. The summed E-state index contributed by atoms with van der Waals surface area (Å²) in [5.41, 5.74) is 6.52. The Morgan fingerprint density at radius 1 is 0.392 bits per heavy atom. The van der Waals surface area contributed by atoms with Crippen molar-refractivity contribution in [1.29, 1.82) is 0 Å². The van der Waals surface area contributed by atoms with Gasteiger partial charge in [0.05, 0.1) is 26.1 Å². The van der Waals surface area contributed by atoms with Crippen molar-refractivity contribution >= 4 is 84.8 Å². The largest absolute Gasteiger partial charge is 0.306 e. The molecule has 0 N–H and O–H groups in total. The summed E-state index contributed by atoms with van der Waals surface area (Å²) in [4.78, 5) is 15.3. The summed E-state index contributed by atoms with van der Waals surface area (Å²) in [6.45, 7) is 0. The van der Waals surface area contributed by atoms with Gasteiger partial charge in [0.2, 0.25) is 0 Å². The zero-order valence-corrected chi connectivity index (χ0v) is 28.7. The molecule has 238 valence electrons. The molecule has 0 saturated carbocycles. The molecule has 0 bridgehead atoms. The van der Waals surface area contributed by atoms with Crippen LogP contribution in [0.3, 0.4) is 0 Å². The highest BCUT2D eigenvalue weighted by Crippen LogP contribution is 2.47. The Hall–Kier alpha value is -6.21. The van der Waals surface area contributed by atoms with Gasteiger partial charge in [-0.15, -0.1) is 22.7 Å². The molecule has 4 aromatic heterocycles. The average molecular weight is 687 g/mol. The van der Waals surface area contributed by atoms with Crippen molar-refractivity contribution in [2.45, 2.75) is 0 Å². The highest BCUT2D eigenvalue weighted by molar-refractivity contribution is 7.27. The Morgan fingerprint density at radius 3 is 1.67 bits per heavy atom. The quantitative estimate of drug-likeness (QED) is 0.185. The number of benzene rings is 7. The first kappa shape index (κ1) is 28.6. The van der Waals surface area contributed by atoms with E-state index in [-0.39, 0.29) is 0 Å². The minimum Gasteiger partial charge on any atom is -0.306 e. The molecule has 0 unspecified atom stereocenters. The minimum atomic E-state index is 0.658. The lowest BCUT2D eigenvalue weighted by molar-refractivity contribution is 1.08. The normalized spacial score (nSPS) is 11.9. The van der Waals surface area contributed by atoms with Crippen LogP contribution in [0, 0.1) is 0 Å². The fourth-order valence-electron chi connectivity index (χ4n) is 7.59. The van der Waals surface area contributed by atoms with Gasteiger partial charge in [-0.1, -0.05) is 127 Å². The lowest BCUT2D eigenvalue weighted by Gasteiger charge is -2.13. The maximum atomic E-state index is 5.17. The number of fused-ring (bicyclic) bond motifs is 10. The Labute approximate surface area is 300 Å². The van der Waals surface area contributed by atoms with Gasteiger partial charge in [-0.2, -0.15) is 0 Å². The Morgan fingerprint density at radius 2 is 0.941 bits per heavy atom. The van der Waals surface area contributed by atoms with Crippen LogP contribution in [-0.2, 0) is 0 Å². The summed E-state index contributed by atoms with van der Waals surface area (Å²) >= 11 is 3.72. The number of hydrogen-bond acceptors (Lipinski definition) is 5. The van der Waals surface area contributed by atoms with E-state index in [9.17, 15) is 0 Å². The van der Waals surface area contributed by atoms with Crippen molar-refractivity contribution in [3.05, 3.63) is 158 Å². The number of aromatic nitrogens is 4. The van der Waals surface area contributed by atoms with Gasteiger partial charge in [-0.3, -0.25) is 0 Å². The number of thiophene rings is 2. The summed E-state index contributed by atoms with van der Waals surface area (Å²) in [6, 6.07) is 55.8. The molecule has 0 saturated heterocycles. The Kier molecular flexibility index (Phi) is 6.26. The number of hydrogen-bond donors (Lipinski definition) is 0. The van der Waals surface area contributed by atoms with Crippen LogP contribution in [0.5, 0.6) is 0 Å². The fourth-order valence-corrected chi connectivity index (χ4v) is 10.1. The van der Waals surface area contributed by atoms with E-state index in [2.05, 4.69) is 126 Å². The third-order valence-electron chi connectivity index (χ3n) is 9.87. The molecule has 6 heteroatoms. The van der Waals surface area contributed by atoms with Crippen molar-refractivity contribution in [2.75, 3.05) is 0 Å². The van der Waals surface area contributed by atoms with Gasteiger partial charge in [0.25, 0.3) is 0 Å². The summed E-state index contributed by atoms with van der Waals surface area (Å²) in [6.07, 6.45) is 0. The summed E-state index contributed by atoms with van der Waals surface area (Å²) in [5.74, 6) is 1.98. The second-order valence-electron chi connectivity index (χ2n) is 12.8. The molecule has 11 aromatic rings. The third kappa shape index (κ3) is 4.34. The smallest absolute Gasteiger partial charge is 0.164 e. The molecule has 0 spiro atoms. The van der Waals surface area contributed by atoms with E-state index in [1.807, 2.05) is 59.1 Å². The van der Waals surface area contributed by atoms with Crippen molar-refractivity contribution in [3.8, 4) is 39.9 Å². The van der Waals surface area contributed by atoms with Gasteiger partial charge in [0.1, 0.15) is 0 Å². The van der Waals surface area contributed by atoms with Crippen LogP contribution >= 0.6 is 22.7 Å². The molecule has 0 fully saturated rings. The van der Waals surface area contributed by atoms with E-state index in [4.69, 9.17) is 15.0 Å². The summed E-state index contributed by atoms with van der Waals surface area (Å²) in [7, 11) is 0. The SMILES string of the molecule is c1ccc(-c2nc(-c3ccccc3)nc(-c3ccc(-n4c5ccccc5c5ccc6c7ccccc7sc6c54)c4sc5ccccc5c34)n2)cc1. The molecule has 4 nitrogen and oxygen atoms in total. The van der Waals surface area contributed by atoms with Gasteiger partial charge in [-0.25, -0.2) is 15.0 Å². The molecule has 0 atom stereocenters. The zero-order chi connectivity index (χ0) is 33.5. The Balaban J connectivity index is 1.25. The van der Waals surface area contributed by atoms with Crippen LogP contribution < -0.4 is 0 Å². The summed E-state index contributed by atoms with van der Waals surface area (Å²) in [5, 5.41) is 7.47. The first-order chi connectivity index (χ1) is 25.3. The van der Waals surface area contributed by atoms with E-state index >= 15 is 0 Å². The van der Waals surface area contributed by atoms with E-state index in [0.717, 1.165) is 27.8 Å². The maximum Gasteiger partial charge on any atom is 0.164 e. The predicted molar refractivity (Wildman–Crippen MR) is 216 cm³/mol. The lowest BCUT2D eigenvalue weighted by atomic mass is 10.0. The van der Waals surface area contributed by atoms with Gasteiger partial charge in [-0.05, 0) is 30.3 Å². The monoisotopic (exact) mass is 686 g/mol. The molecule has 7 aromatic carbocycles. The van der Waals surface area contributed by atoms with E-state index in [1.54, 1.807) is 0 Å². The molecule has 51 heavy (non-hydrogen) atoms. The van der Waals surface area contributed by atoms with Crippen molar-refractivity contribution in [1.82, 2.24) is 19.5 Å². The number of nitrogens with zero attached hydrogens (tertiary/aromatic N) is 4. The van der Waals surface area contributed by atoms with Crippen molar-refractivity contribution < 1.29 is 0 Å².